The third-order valence-corrected chi connectivity index (χ3v) is 12.6. The fraction of sp³-hybridized carbons (Fsp3) is 0.415. The van der Waals surface area contributed by atoms with Crippen LogP contribution >= 0.6 is 0 Å². The van der Waals surface area contributed by atoms with Gasteiger partial charge < -0.3 is 29.3 Å². The average Bonchev–Trinajstić information content (AvgIpc) is 3.95. The molecular weight excluding hydrogens is 806 g/mol. The molecule has 10 rings (SSSR count). The van der Waals surface area contributed by atoms with Crippen molar-refractivity contribution in [2.24, 2.45) is 5.22 Å². The highest BCUT2D eigenvalue weighted by Crippen LogP contribution is 2.44. The lowest BCUT2D eigenvalue weighted by molar-refractivity contribution is -0.133. The maximum Gasteiger partial charge on any atom is 0.245 e. The monoisotopic (exact) mass is 848 g/mol. The lowest BCUT2D eigenvalue weighted by Crippen LogP contribution is -2.64. The smallest absolute Gasteiger partial charge is 0.245 e. The number of rotatable bonds is 8. The van der Waals surface area contributed by atoms with Crippen LogP contribution in [0, 0.1) is 35.3 Å². The van der Waals surface area contributed by atoms with E-state index in [2.05, 4.69) is 25.5 Å². The van der Waals surface area contributed by atoms with Crippen LogP contribution < -0.4 is 15.1 Å². The van der Waals surface area contributed by atoms with Crippen LogP contribution in [0.5, 0.6) is 0 Å². The number of nitrogens with one attached hydrogen (secondary N) is 3. The number of nitrogens with zero attached hydrogens (tertiary/aromatic N) is 13. The Balaban J connectivity index is 1.09. The van der Waals surface area contributed by atoms with E-state index >= 15 is 8.78 Å². The molecule has 3 saturated heterocycles. The highest BCUT2D eigenvalue weighted by molar-refractivity contribution is 5.94. The van der Waals surface area contributed by atoms with Gasteiger partial charge in [0.1, 0.15) is 41.3 Å². The molecule has 62 heavy (non-hydrogen) atoms. The second-order valence-electron chi connectivity index (χ2n) is 16.3. The first-order valence-electron chi connectivity index (χ1n) is 20.6. The Kier molecular flexibility index (Phi) is 9.71. The number of hydrogen-bond donors (Lipinski definition) is 3. The van der Waals surface area contributed by atoms with E-state index < -0.39 is 29.6 Å². The Labute approximate surface area is 352 Å². The minimum Gasteiger partial charge on any atom is -0.375 e. The molecule has 6 atom stereocenters. The first kappa shape index (κ1) is 39.4. The molecule has 0 spiro atoms. The summed E-state index contributed by atoms with van der Waals surface area (Å²) in [5.74, 6) is -0.540. The van der Waals surface area contributed by atoms with Crippen LogP contribution in [0.2, 0.25) is 0 Å². The average molecular weight is 849 g/mol. The number of carbonyl (C=O) groups excluding carboxylic acids is 1. The number of ether oxygens (including phenoxy) is 1. The van der Waals surface area contributed by atoms with Gasteiger partial charge in [-0.3, -0.25) is 10.2 Å². The molecule has 320 valence electrons. The summed E-state index contributed by atoms with van der Waals surface area (Å²) in [5.41, 5.74) is 10.0. The van der Waals surface area contributed by atoms with Crippen molar-refractivity contribution in [1.29, 1.82) is 10.9 Å². The quantitative estimate of drug-likeness (QED) is 0.0780. The van der Waals surface area contributed by atoms with Crippen LogP contribution in [0.25, 0.3) is 39.0 Å². The number of halogens is 3. The molecule has 0 radical (unpaired) electrons. The Morgan fingerprint density at radius 2 is 1.82 bits per heavy atom. The van der Waals surface area contributed by atoms with Crippen LogP contribution in [0.3, 0.4) is 0 Å². The third-order valence-electron chi connectivity index (χ3n) is 12.6. The first-order chi connectivity index (χ1) is 30.0. The fourth-order valence-electron chi connectivity index (χ4n) is 9.84. The highest BCUT2D eigenvalue weighted by Gasteiger charge is 2.49. The van der Waals surface area contributed by atoms with Crippen LogP contribution in [-0.4, -0.2) is 124 Å². The number of amides is 1. The number of hydrogen-bond acceptors (Lipinski definition) is 14. The molecule has 3 N–H and O–H groups in total. The van der Waals surface area contributed by atoms with E-state index in [0.29, 0.717) is 77.7 Å². The second-order valence-corrected chi connectivity index (χ2v) is 16.3. The summed E-state index contributed by atoms with van der Waals surface area (Å²) < 4.78 is 54.4. The molecule has 4 aliphatic rings. The zero-order chi connectivity index (χ0) is 43.0. The van der Waals surface area contributed by atoms with E-state index in [1.54, 1.807) is 24.2 Å². The third kappa shape index (κ3) is 6.61. The fourth-order valence-corrected chi connectivity index (χ4v) is 9.84. The molecule has 3 fully saturated rings. The Bertz CT molecular complexity index is 2740. The maximum atomic E-state index is 15.5. The lowest BCUT2D eigenvalue weighted by Gasteiger charge is -2.55. The number of piperidine rings is 1. The number of aromatic nitrogens is 8. The van der Waals surface area contributed by atoms with Gasteiger partial charge in [0.05, 0.1) is 47.0 Å². The standard InChI is InChI=1S/C41H43F3N16O2/c1-4-62-28-18-55(3)39(61)35-12-24(50-40-47-8-7-32(51-40)29-9-23(43)11-33-36(29)56(19-28)21(2)49-33)17-57(35)37-30-16-48-60(34-6-5-22(42)10-31(34)44)38(30)53-41(52-37)59-26-13-25(14-27(59)15-26)58(20-45)54-46/h5-11,16,20,24-28,35,45-46H,4,12-15,17-19H2,1-3H3,(H,47,50,51)/t24-,25?,26-,27+,28-,35-/m0/s1. The van der Waals surface area contributed by atoms with Crippen molar-refractivity contribution in [1.82, 2.24) is 49.2 Å². The molecule has 18 nitrogen and oxygen atoms in total. The van der Waals surface area contributed by atoms with E-state index in [-0.39, 0.29) is 60.4 Å². The summed E-state index contributed by atoms with van der Waals surface area (Å²) in [4.78, 5) is 44.9. The number of anilines is 3. The summed E-state index contributed by atoms with van der Waals surface area (Å²) >= 11 is 0. The summed E-state index contributed by atoms with van der Waals surface area (Å²) in [7, 11) is 1.74. The molecule has 2 aromatic carbocycles. The van der Waals surface area contributed by atoms with Gasteiger partial charge in [0, 0.05) is 68.8 Å². The SMILES string of the molecule is CCO[C@H]1CN(C)C(=O)[C@@H]2C[C@@H](CN2c2nc(N3[C@@H]4CC(N(C=N)N=N)C[C@H]3C4)nc3c2cnn3-c2ccc(F)cc2F)Nc2nccc(n2)-c2cc(F)cc3nc(C)n(c23)C1. The molecule has 0 saturated carbocycles. The number of carbonyl (C=O) groups is 1. The topological polar surface area (TPSA) is 199 Å². The van der Waals surface area contributed by atoms with Gasteiger partial charge in [-0.2, -0.15) is 20.6 Å². The van der Waals surface area contributed by atoms with Crippen molar-refractivity contribution in [2.75, 3.05) is 41.9 Å². The van der Waals surface area contributed by atoms with Crippen molar-refractivity contribution < 1.29 is 22.7 Å². The largest absolute Gasteiger partial charge is 0.375 e. The number of fused-ring (bicyclic) bond motifs is 8. The van der Waals surface area contributed by atoms with E-state index in [4.69, 9.17) is 35.6 Å². The lowest BCUT2D eigenvalue weighted by atomic mass is 9.77. The van der Waals surface area contributed by atoms with Gasteiger partial charge in [-0.05, 0) is 63.8 Å². The molecule has 21 heteroatoms. The number of imidazole rings is 1. The van der Waals surface area contributed by atoms with Crippen molar-refractivity contribution >= 4 is 52.0 Å². The minimum absolute atomic E-state index is 0.0137. The maximum absolute atomic E-state index is 15.5. The van der Waals surface area contributed by atoms with E-state index in [9.17, 15) is 9.18 Å². The van der Waals surface area contributed by atoms with E-state index in [1.165, 1.54) is 34.1 Å². The zero-order valence-corrected chi connectivity index (χ0v) is 34.1. The molecule has 6 aromatic rings. The number of likely N-dealkylation sites (N-methyl/N-ethyl adjacent to an activating group) is 1. The Morgan fingerprint density at radius 1 is 1.00 bits per heavy atom. The molecule has 1 amide bonds. The number of aryl methyl sites for hydroxylation is 1. The van der Waals surface area contributed by atoms with Gasteiger partial charge >= 0.3 is 0 Å². The van der Waals surface area contributed by atoms with E-state index in [1.807, 2.05) is 23.3 Å². The molecule has 1 unspecified atom stereocenters. The van der Waals surface area contributed by atoms with Crippen LogP contribution in [-0.2, 0) is 16.1 Å². The predicted molar refractivity (Wildman–Crippen MR) is 222 cm³/mol. The zero-order valence-electron chi connectivity index (χ0n) is 34.1. The first-order valence-corrected chi connectivity index (χ1v) is 20.6. The Hall–Kier alpha value is -6.77. The molecule has 4 aliphatic heterocycles. The minimum atomic E-state index is -0.831. The van der Waals surface area contributed by atoms with Gasteiger partial charge in [0.25, 0.3) is 0 Å². The van der Waals surface area contributed by atoms with Crippen molar-refractivity contribution in [3.8, 4) is 16.9 Å². The normalized spacial score (nSPS) is 23.5. The molecule has 6 bridgehead atoms. The van der Waals surface area contributed by atoms with Gasteiger partial charge in [-0.15, -0.1) is 0 Å². The molecule has 4 aromatic heterocycles. The predicted octanol–water partition coefficient (Wildman–Crippen LogP) is 5.25. The van der Waals surface area contributed by atoms with Gasteiger partial charge in [-0.1, -0.05) is 5.22 Å². The Morgan fingerprint density at radius 3 is 2.58 bits per heavy atom. The molecular formula is C41H43F3N16O2. The summed E-state index contributed by atoms with van der Waals surface area (Å²) in [6.45, 7) is 4.93. The van der Waals surface area contributed by atoms with E-state index in [0.717, 1.165) is 24.9 Å². The summed E-state index contributed by atoms with van der Waals surface area (Å²) in [6.07, 6.45) is 6.07. The molecule has 0 aliphatic carbocycles. The second kappa shape index (κ2) is 15.3. The van der Waals surface area contributed by atoms with Gasteiger partial charge in [0.2, 0.25) is 17.8 Å². The van der Waals surface area contributed by atoms with Crippen LogP contribution in [0.4, 0.5) is 30.9 Å². The van der Waals surface area contributed by atoms with Crippen LogP contribution in [0.1, 0.15) is 38.4 Å². The summed E-state index contributed by atoms with van der Waals surface area (Å²) in [6, 6.07) is 6.44. The van der Waals surface area contributed by atoms with Crippen molar-refractivity contribution in [3.05, 3.63) is 72.1 Å². The van der Waals surface area contributed by atoms with Gasteiger partial charge in [0.15, 0.2) is 11.5 Å². The molecule has 8 heterocycles. The van der Waals surface area contributed by atoms with Crippen molar-refractivity contribution in [2.45, 2.75) is 82.4 Å². The van der Waals surface area contributed by atoms with Crippen molar-refractivity contribution in [3.63, 3.8) is 0 Å². The van der Waals surface area contributed by atoms with Gasteiger partial charge in [-0.25, -0.2) is 37.8 Å². The number of benzene rings is 2. The highest BCUT2D eigenvalue weighted by atomic mass is 19.1. The van der Waals surface area contributed by atoms with Crippen LogP contribution in [0.15, 0.2) is 54.0 Å². The summed E-state index contributed by atoms with van der Waals surface area (Å²) in [5, 5.41) is 21.1.